The van der Waals surface area contributed by atoms with E-state index in [0.29, 0.717) is 41.1 Å². The first-order chi connectivity index (χ1) is 11.0. The highest BCUT2D eigenvalue weighted by Gasteiger charge is 2.17. The first-order valence-electron chi connectivity index (χ1n) is 6.90. The summed E-state index contributed by atoms with van der Waals surface area (Å²) in [6.45, 7) is 0.919. The second kappa shape index (κ2) is 7.07. The van der Waals surface area contributed by atoms with Crippen LogP contribution < -0.4 is 9.47 Å². The second-order valence-electron chi connectivity index (χ2n) is 5.07. The number of fused-ring (bicyclic) bond motifs is 1. The van der Waals surface area contributed by atoms with E-state index >= 15 is 0 Å². The van der Waals surface area contributed by atoms with Crippen molar-refractivity contribution < 1.29 is 18.1 Å². The maximum absolute atomic E-state index is 13.0. The fourth-order valence-corrected chi connectivity index (χ4v) is 4.14. The van der Waals surface area contributed by atoms with Gasteiger partial charge in [-0.1, -0.05) is 29.3 Å². The summed E-state index contributed by atoms with van der Waals surface area (Å²) in [7, 11) is -1.21. The Kier molecular flexibility index (Phi) is 5.09. The summed E-state index contributed by atoms with van der Waals surface area (Å²) in [5, 5.41) is 0.715. The Hall–Kier alpha value is -1.30. The fourth-order valence-electron chi connectivity index (χ4n) is 2.30. The first-order valence-corrected chi connectivity index (χ1v) is 9.14. The summed E-state index contributed by atoms with van der Waals surface area (Å²) < 4.78 is 36.3. The molecule has 1 aliphatic rings. The Labute approximate surface area is 145 Å². The topological polar surface area (TPSA) is 35.5 Å². The molecule has 2 aromatic carbocycles. The lowest BCUT2D eigenvalue weighted by Gasteiger charge is -2.20. The third kappa shape index (κ3) is 3.97. The Balaban J connectivity index is 1.74. The average Bonchev–Trinajstić information content (AvgIpc) is 2.50. The molecule has 1 atom stereocenters. The maximum Gasteiger partial charge on any atom is 0.179 e. The smallest absolute Gasteiger partial charge is 0.179 e. The molecule has 2 aromatic rings. The maximum atomic E-state index is 13.0. The molecule has 0 aliphatic carbocycles. The summed E-state index contributed by atoms with van der Waals surface area (Å²) in [5.41, 5.74) is 1.44. The molecule has 0 bridgehead atoms. The zero-order chi connectivity index (χ0) is 16.4. The number of ether oxygens (including phenoxy) is 2. The zero-order valence-electron chi connectivity index (χ0n) is 12.0. The molecule has 0 spiro atoms. The second-order valence-corrected chi connectivity index (χ2v) is 7.34. The summed E-state index contributed by atoms with van der Waals surface area (Å²) in [6.07, 6.45) is 0. The molecule has 23 heavy (non-hydrogen) atoms. The molecule has 0 aromatic heterocycles. The minimum absolute atomic E-state index is 0.241. The van der Waals surface area contributed by atoms with Crippen LogP contribution in [0, 0.1) is 5.82 Å². The van der Waals surface area contributed by atoms with E-state index in [0.717, 1.165) is 5.56 Å². The summed E-state index contributed by atoms with van der Waals surface area (Å²) in [5.74, 6) is 1.21. The van der Waals surface area contributed by atoms with Crippen molar-refractivity contribution in [3.63, 3.8) is 0 Å². The molecule has 0 saturated carbocycles. The molecule has 3 rings (SSSR count). The van der Waals surface area contributed by atoms with Crippen molar-refractivity contribution in [3.05, 3.63) is 57.3 Å². The lowest BCUT2D eigenvalue weighted by atomic mass is 10.2. The van der Waals surface area contributed by atoms with Crippen LogP contribution in [-0.2, 0) is 22.3 Å². The summed E-state index contributed by atoms with van der Waals surface area (Å²) in [4.78, 5) is 0. The molecule has 0 radical (unpaired) electrons. The SMILES string of the molecule is O=[S@](Cc1cc(Cl)c2c(c1)OCCO2)Cc1ccc(F)cc1Cl. The predicted molar refractivity (Wildman–Crippen MR) is 89.4 cm³/mol. The van der Waals surface area contributed by atoms with Gasteiger partial charge in [0, 0.05) is 21.6 Å². The van der Waals surface area contributed by atoms with Crippen LogP contribution in [0.25, 0.3) is 0 Å². The molecule has 0 saturated heterocycles. The van der Waals surface area contributed by atoms with E-state index in [1.807, 2.05) is 0 Å². The number of hydrogen-bond donors (Lipinski definition) is 0. The van der Waals surface area contributed by atoms with E-state index in [4.69, 9.17) is 32.7 Å². The molecule has 7 heteroatoms. The van der Waals surface area contributed by atoms with Crippen LogP contribution in [0.5, 0.6) is 11.5 Å². The van der Waals surface area contributed by atoms with Crippen molar-refractivity contribution in [2.45, 2.75) is 11.5 Å². The predicted octanol–water partition coefficient (Wildman–Crippen LogP) is 4.35. The van der Waals surface area contributed by atoms with Gasteiger partial charge in [-0.3, -0.25) is 4.21 Å². The van der Waals surface area contributed by atoms with E-state index in [9.17, 15) is 8.60 Å². The van der Waals surface area contributed by atoms with Gasteiger partial charge in [0.15, 0.2) is 11.5 Å². The lowest BCUT2D eigenvalue weighted by Crippen LogP contribution is -2.16. The van der Waals surface area contributed by atoms with Crippen molar-refractivity contribution in [2.75, 3.05) is 13.2 Å². The van der Waals surface area contributed by atoms with Crippen LogP contribution >= 0.6 is 23.2 Å². The van der Waals surface area contributed by atoms with Gasteiger partial charge in [-0.15, -0.1) is 0 Å². The highest BCUT2D eigenvalue weighted by Crippen LogP contribution is 2.38. The largest absolute Gasteiger partial charge is 0.486 e. The Morgan fingerprint density at radius 1 is 1.04 bits per heavy atom. The number of rotatable bonds is 4. The fraction of sp³-hybridized carbons (Fsp3) is 0.250. The molecular weight excluding hydrogens is 362 g/mol. The van der Waals surface area contributed by atoms with Gasteiger partial charge in [-0.25, -0.2) is 4.39 Å². The zero-order valence-corrected chi connectivity index (χ0v) is 14.3. The number of benzene rings is 2. The third-order valence-electron chi connectivity index (χ3n) is 3.32. The van der Waals surface area contributed by atoms with Crippen molar-refractivity contribution in [2.24, 2.45) is 0 Å². The van der Waals surface area contributed by atoms with E-state index in [-0.39, 0.29) is 10.8 Å². The van der Waals surface area contributed by atoms with Gasteiger partial charge in [-0.05, 0) is 35.4 Å². The van der Waals surface area contributed by atoms with Gasteiger partial charge in [0.25, 0.3) is 0 Å². The van der Waals surface area contributed by atoms with Crippen LogP contribution in [0.1, 0.15) is 11.1 Å². The Morgan fingerprint density at radius 3 is 2.61 bits per heavy atom. The van der Waals surface area contributed by atoms with Crippen LogP contribution in [0.15, 0.2) is 30.3 Å². The van der Waals surface area contributed by atoms with E-state index in [2.05, 4.69) is 0 Å². The average molecular weight is 375 g/mol. The van der Waals surface area contributed by atoms with Gasteiger partial charge in [0.05, 0.1) is 10.8 Å². The van der Waals surface area contributed by atoms with Gasteiger partial charge in [0.1, 0.15) is 19.0 Å². The highest BCUT2D eigenvalue weighted by atomic mass is 35.5. The van der Waals surface area contributed by atoms with Crippen molar-refractivity contribution in [1.82, 2.24) is 0 Å². The van der Waals surface area contributed by atoms with Crippen molar-refractivity contribution in [3.8, 4) is 11.5 Å². The molecule has 1 aliphatic heterocycles. The lowest BCUT2D eigenvalue weighted by molar-refractivity contribution is 0.171. The Morgan fingerprint density at radius 2 is 1.83 bits per heavy atom. The Bertz CT molecular complexity index is 767. The van der Waals surface area contributed by atoms with Gasteiger partial charge >= 0.3 is 0 Å². The van der Waals surface area contributed by atoms with Gasteiger partial charge < -0.3 is 9.47 Å². The monoisotopic (exact) mass is 374 g/mol. The van der Waals surface area contributed by atoms with E-state index in [1.165, 1.54) is 12.1 Å². The normalized spacial score (nSPS) is 14.6. The molecular formula is C16H13Cl2FO3S. The van der Waals surface area contributed by atoms with Crippen LogP contribution in [0.4, 0.5) is 4.39 Å². The molecule has 3 nitrogen and oxygen atoms in total. The van der Waals surface area contributed by atoms with Crippen molar-refractivity contribution in [1.29, 1.82) is 0 Å². The number of halogens is 3. The molecule has 0 fully saturated rings. The molecule has 0 amide bonds. The molecule has 122 valence electrons. The van der Waals surface area contributed by atoms with Gasteiger partial charge in [0.2, 0.25) is 0 Å². The van der Waals surface area contributed by atoms with Crippen LogP contribution in [-0.4, -0.2) is 17.4 Å². The van der Waals surface area contributed by atoms with Gasteiger partial charge in [-0.2, -0.15) is 0 Å². The van der Waals surface area contributed by atoms with E-state index in [1.54, 1.807) is 18.2 Å². The number of hydrogen-bond acceptors (Lipinski definition) is 3. The minimum Gasteiger partial charge on any atom is -0.486 e. The van der Waals surface area contributed by atoms with E-state index < -0.39 is 16.6 Å². The minimum atomic E-state index is -1.21. The summed E-state index contributed by atoms with van der Waals surface area (Å²) in [6, 6.07) is 7.57. The summed E-state index contributed by atoms with van der Waals surface area (Å²) >= 11 is 12.1. The van der Waals surface area contributed by atoms with Crippen molar-refractivity contribution >= 4 is 34.0 Å². The molecule has 0 unspecified atom stereocenters. The highest BCUT2D eigenvalue weighted by molar-refractivity contribution is 7.83. The molecule has 0 N–H and O–H groups in total. The third-order valence-corrected chi connectivity index (χ3v) is 5.24. The van der Waals surface area contributed by atoms with Crippen LogP contribution in [0.3, 0.4) is 0 Å². The quantitative estimate of drug-likeness (QED) is 0.797. The molecule has 1 heterocycles. The first kappa shape index (κ1) is 16.6. The van der Waals surface area contributed by atoms with Crippen LogP contribution in [0.2, 0.25) is 10.0 Å². The standard InChI is InChI=1S/C16H13Cl2FO3S/c17-13-7-12(19)2-1-11(13)9-23(20)8-10-5-14(18)16-15(6-10)21-3-4-22-16/h1-2,5-7H,3-4,8-9H2/t23-/m1/s1.